The third-order valence-electron chi connectivity index (χ3n) is 1.98. The Labute approximate surface area is 102 Å². The molecular weight excluding hydrogens is 281 g/mol. The summed E-state index contributed by atoms with van der Waals surface area (Å²) in [5.74, 6) is 0. The number of rotatable bonds is 2. The summed E-state index contributed by atoms with van der Waals surface area (Å²) in [5, 5.41) is -0.0589. The Hall–Kier alpha value is -0.180. The van der Waals surface area contributed by atoms with Gasteiger partial charge in [-0.25, -0.2) is 0 Å². The molecule has 90 valence electrons. The number of hydrogen-bond donors (Lipinski definition) is 0. The molecule has 0 fully saturated rings. The average Bonchev–Trinajstić information content (AvgIpc) is 2.15. The molecule has 1 rings (SSSR count). The monoisotopic (exact) mass is 289 g/mol. The number of nitrogens with zero attached hydrogens (tertiary/aromatic N) is 1. The molecule has 0 spiro atoms. The normalized spacial score (nSPS) is 12.0. The second kappa shape index (κ2) is 4.99. The van der Waals surface area contributed by atoms with Gasteiger partial charge < -0.3 is 4.90 Å². The Bertz CT molecular complexity index is 380. The standard InChI is InChI=1S/C9H9Cl2F3NP/c1-15(2)6-3-4-8(16(10)11)7(5-6)9(12,13)14/h3-5H,1-2H3. The minimum Gasteiger partial charge on any atom is -0.378 e. The van der Waals surface area contributed by atoms with Gasteiger partial charge in [-0.1, -0.05) is 22.5 Å². The SMILES string of the molecule is CN(C)c1ccc(P(Cl)Cl)c(C(F)(F)F)c1. The van der Waals surface area contributed by atoms with Gasteiger partial charge in [0.1, 0.15) is 6.63 Å². The van der Waals surface area contributed by atoms with Crippen molar-refractivity contribution in [2.45, 2.75) is 6.18 Å². The highest BCUT2D eigenvalue weighted by atomic mass is 35.9. The molecule has 0 aliphatic heterocycles. The zero-order valence-electron chi connectivity index (χ0n) is 8.52. The summed E-state index contributed by atoms with van der Waals surface area (Å²) in [4.78, 5) is 1.59. The molecule has 0 radical (unpaired) electrons. The molecule has 0 aliphatic rings. The van der Waals surface area contributed by atoms with E-state index in [1.54, 1.807) is 25.1 Å². The van der Waals surface area contributed by atoms with Crippen LogP contribution in [0.25, 0.3) is 0 Å². The zero-order chi connectivity index (χ0) is 12.5. The minimum atomic E-state index is -4.44. The molecule has 0 heterocycles. The molecule has 7 heteroatoms. The van der Waals surface area contributed by atoms with Gasteiger partial charge in [-0.15, -0.1) is 0 Å². The van der Waals surface area contributed by atoms with Crippen LogP contribution in [0.5, 0.6) is 0 Å². The summed E-state index contributed by atoms with van der Waals surface area (Å²) < 4.78 is 38.2. The molecule has 16 heavy (non-hydrogen) atoms. The van der Waals surface area contributed by atoms with Gasteiger partial charge in [-0.2, -0.15) is 13.2 Å². The first-order valence-electron chi connectivity index (χ1n) is 4.23. The summed E-state index contributed by atoms with van der Waals surface area (Å²) in [7, 11) is 3.33. The van der Waals surface area contributed by atoms with Gasteiger partial charge in [-0.05, 0) is 18.2 Å². The molecule has 0 aromatic heterocycles. The highest BCUT2D eigenvalue weighted by molar-refractivity contribution is 8.08. The van der Waals surface area contributed by atoms with Crippen molar-refractivity contribution in [2.75, 3.05) is 19.0 Å². The number of benzene rings is 1. The van der Waals surface area contributed by atoms with Gasteiger partial charge >= 0.3 is 6.18 Å². The van der Waals surface area contributed by atoms with E-state index in [-0.39, 0.29) is 5.30 Å². The fourth-order valence-electron chi connectivity index (χ4n) is 1.18. The van der Waals surface area contributed by atoms with Crippen molar-refractivity contribution < 1.29 is 13.2 Å². The van der Waals surface area contributed by atoms with Crippen molar-refractivity contribution in [3.8, 4) is 0 Å². The number of alkyl halides is 3. The maximum absolute atomic E-state index is 12.7. The lowest BCUT2D eigenvalue weighted by Gasteiger charge is -2.18. The Morgan fingerprint density at radius 2 is 1.75 bits per heavy atom. The third kappa shape index (κ3) is 3.16. The van der Waals surface area contributed by atoms with Crippen molar-refractivity contribution in [3.05, 3.63) is 23.8 Å². The molecule has 1 nitrogen and oxygen atoms in total. The highest BCUT2D eigenvalue weighted by Crippen LogP contribution is 2.48. The average molecular weight is 290 g/mol. The lowest BCUT2D eigenvalue weighted by atomic mass is 10.2. The van der Waals surface area contributed by atoms with Gasteiger partial charge in [0.05, 0.1) is 5.56 Å². The lowest BCUT2D eigenvalue weighted by Crippen LogP contribution is -2.19. The third-order valence-corrected chi connectivity index (χ3v) is 3.83. The van der Waals surface area contributed by atoms with E-state index >= 15 is 0 Å². The van der Waals surface area contributed by atoms with E-state index < -0.39 is 18.4 Å². The maximum atomic E-state index is 12.7. The fourth-order valence-corrected chi connectivity index (χ4v) is 2.62. The van der Waals surface area contributed by atoms with Crippen molar-refractivity contribution in [1.29, 1.82) is 0 Å². The van der Waals surface area contributed by atoms with Crippen LogP contribution < -0.4 is 10.2 Å². The quantitative estimate of drug-likeness (QED) is 0.738. The Balaban J connectivity index is 3.33. The summed E-state index contributed by atoms with van der Waals surface area (Å²) in [6.07, 6.45) is -4.44. The topological polar surface area (TPSA) is 3.24 Å². The zero-order valence-corrected chi connectivity index (χ0v) is 10.9. The predicted molar refractivity (Wildman–Crippen MR) is 64.0 cm³/mol. The van der Waals surface area contributed by atoms with Crippen LogP contribution in [0.1, 0.15) is 5.56 Å². The molecule has 0 saturated heterocycles. The van der Waals surface area contributed by atoms with Gasteiger partial charge in [0, 0.05) is 25.1 Å². The molecule has 0 aliphatic carbocycles. The Morgan fingerprint density at radius 3 is 2.12 bits per heavy atom. The van der Waals surface area contributed by atoms with Crippen molar-refractivity contribution in [1.82, 2.24) is 0 Å². The maximum Gasteiger partial charge on any atom is 0.417 e. The molecular formula is C9H9Cl2F3NP. The van der Waals surface area contributed by atoms with Crippen LogP contribution >= 0.6 is 29.1 Å². The first kappa shape index (κ1) is 13.9. The molecule has 1 aromatic carbocycles. The van der Waals surface area contributed by atoms with Gasteiger partial charge in [0.15, 0.2) is 0 Å². The number of hydrogen-bond acceptors (Lipinski definition) is 1. The van der Waals surface area contributed by atoms with Gasteiger partial charge in [-0.3, -0.25) is 0 Å². The van der Waals surface area contributed by atoms with Crippen LogP contribution in [0.2, 0.25) is 0 Å². The number of anilines is 1. The predicted octanol–water partition coefficient (Wildman–Crippen LogP) is 4.19. The highest BCUT2D eigenvalue weighted by Gasteiger charge is 2.35. The van der Waals surface area contributed by atoms with E-state index in [2.05, 4.69) is 0 Å². The number of halogens is 5. The summed E-state index contributed by atoms with van der Waals surface area (Å²) in [6, 6.07) is 3.93. The Morgan fingerprint density at radius 1 is 1.19 bits per heavy atom. The van der Waals surface area contributed by atoms with E-state index in [9.17, 15) is 13.2 Å². The van der Waals surface area contributed by atoms with E-state index in [4.69, 9.17) is 22.5 Å². The second-order valence-electron chi connectivity index (χ2n) is 3.33. The van der Waals surface area contributed by atoms with Crippen molar-refractivity contribution >= 4 is 40.1 Å². The smallest absolute Gasteiger partial charge is 0.378 e. The molecule has 0 saturated carbocycles. The summed E-state index contributed by atoms with van der Waals surface area (Å²) in [6.45, 7) is -1.81. The molecule has 1 aromatic rings. The Kier molecular flexibility index (Phi) is 4.33. The molecule has 0 unspecified atom stereocenters. The van der Waals surface area contributed by atoms with Crippen molar-refractivity contribution in [3.63, 3.8) is 0 Å². The summed E-state index contributed by atoms with van der Waals surface area (Å²) in [5.41, 5.74) is -0.309. The molecule has 0 N–H and O–H groups in total. The van der Waals surface area contributed by atoms with E-state index in [0.29, 0.717) is 5.69 Å². The largest absolute Gasteiger partial charge is 0.417 e. The van der Waals surface area contributed by atoms with Crippen LogP contribution in [-0.4, -0.2) is 14.1 Å². The van der Waals surface area contributed by atoms with Crippen LogP contribution in [0, 0.1) is 0 Å². The summed E-state index contributed by atoms with van der Waals surface area (Å²) >= 11 is 11.1. The van der Waals surface area contributed by atoms with Crippen LogP contribution in [0.4, 0.5) is 18.9 Å². The van der Waals surface area contributed by atoms with Gasteiger partial charge in [0.2, 0.25) is 0 Å². The first-order valence-corrected chi connectivity index (χ1v) is 7.39. The lowest BCUT2D eigenvalue weighted by molar-refractivity contribution is -0.136. The molecule has 0 amide bonds. The van der Waals surface area contributed by atoms with Crippen molar-refractivity contribution in [2.24, 2.45) is 0 Å². The van der Waals surface area contributed by atoms with Crippen LogP contribution in [0.15, 0.2) is 18.2 Å². The molecule has 0 bridgehead atoms. The molecule has 0 atom stereocenters. The van der Waals surface area contributed by atoms with Crippen LogP contribution in [0.3, 0.4) is 0 Å². The minimum absolute atomic E-state index is 0.0589. The first-order chi connectivity index (χ1) is 7.23. The fraction of sp³-hybridized carbons (Fsp3) is 0.333. The van der Waals surface area contributed by atoms with E-state index in [0.717, 1.165) is 6.07 Å². The van der Waals surface area contributed by atoms with E-state index in [1.807, 2.05) is 0 Å². The van der Waals surface area contributed by atoms with E-state index in [1.165, 1.54) is 6.07 Å². The second-order valence-corrected chi connectivity index (χ2v) is 6.82. The van der Waals surface area contributed by atoms with Gasteiger partial charge in [0.25, 0.3) is 0 Å². The van der Waals surface area contributed by atoms with Crippen LogP contribution in [-0.2, 0) is 6.18 Å².